The molecule has 1 saturated carbocycles. The first kappa shape index (κ1) is 11.5. The van der Waals surface area contributed by atoms with E-state index in [0.29, 0.717) is 12.5 Å². The van der Waals surface area contributed by atoms with Gasteiger partial charge in [0.1, 0.15) is 0 Å². The number of nitrogens with two attached hydrogens (primary N) is 1. The molecule has 0 bridgehead atoms. The average Bonchev–Trinajstić information content (AvgIpc) is 2.18. The molecule has 0 aliphatic heterocycles. The van der Waals surface area contributed by atoms with Crippen molar-refractivity contribution in [3.63, 3.8) is 0 Å². The monoisotopic (exact) mass is 199 g/mol. The molecule has 82 valence electrons. The van der Waals surface area contributed by atoms with Gasteiger partial charge in [-0.25, -0.2) is 0 Å². The Morgan fingerprint density at radius 3 is 2.43 bits per heavy atom. The maximum Gasteiger partial charge on any atom is 0.303 e. The van der Waals surface area contributed by atoms with Crippen molar-refractivity contribution < 1.29 is 9.90 Å². The molecule has 0 aromatic heterocycles. The van der Waals surface area contributed by atoms with Crippen molar-refractivity contribution >= 4 is 5.97 Å². The quantitative estimate of drug-likeness (QED) is 0.728. The minimum atomic E-state index is -0.719. The van der Waals surface area contributed by atoms with Gasteiger partial charge in [0, 0.05) is 0 Å². The summed E-state index contributed by atoms with van der Waals surface area (Å²) in [5.74, 6) is -0.208. The Morgan fingerprint density at radius 1 is 1.43 bits per heavy atom. The van der Waals surface area contributed by atoms with Crippen LogP contribution < -0.4 is 5.73 Å². The molecule has 0 aromatic carbocycles. The number of hydrogen-bond donors (Lipinski definition) is 2. The van der Waals surface area contributed by atoms with Crippen molar-refractivity contribution in [3.8, 4) is 0 Å². The fourth-order valence-corrected chi connectivity index (χ4v) is 2.53. The summed E-state index contributed by atoms with van der Waals surface area (Å²) in [7, 11) is 0. The molecule has 1 aliphatic carbocycles. The lowest BCUT2D eigenvalue weighted by atomic mass is 9.68. The van der Waals surface area contributed by atoms with Gasteiger partial charge >= 0.3 is 5.97 Å². The summed E-state index contributed by atoms with van der Waals surface area (Å²) in [6, 6.07) is 0. The third-order valence-corrected chi connectivity index (χ3v) is 3.61. The van der Waals surface area contributed by atoms with Crippen LogP contribution in [0.5, 0.6) is 0 Å². The second-order valence-electron chi connectivity index (χ2n) is 4.76. The molecule has 3 heteroatoms. The van der Waals surface area contributed by atoms with E-state index in [1.54, 1.807) is 0 Å². The van der Waals surface area contributed by atoms with Gasteiger partial charge in [0.2, 0.25) is 0 Å². The SMILES string of the molecule is CC(CN)(CC(=O)O)C1CCCCC1. The van der Waals surface area contributed by atoms with Gasteiger partial charge in [-0.05, 0) is 30.7 Å². The second kappa shape index (κ2) is 4.78. The fourth-order valence-electron chi connectivity index (χ4n) is 2.53. The topological polar surface area (TPSA) is 63.3 Å². The van der Waals surface area contributed by atoms with Crippen molar-refractivity contribution in [1.29, 1.82) is 0 Å². The van der Waals surface area contributed by atoms with Gasteiger partial charge in [0.25, 0.3) is 0 Å². The van der Waals surface area contributed by atoms with Gasteiger partial charge in [0.05, 0.1) is 6.42 Å². The summed E-state index contributed by atoms with van der Waals surface area (Å²) in [6.45, 7) is 2.51. The Labute approximate surface area is 85.7 Å². The average molecular weight is 199 g/mol. The van der Waals surface area contributed by atoms with Crippen LogP contribution in [-0.2, 0) is 4.79 Å². The molecule has 1 fully saturated rings. The first-order valence-corrected chi connectivity index (χ1v) is 5.50. The largest absolute Gasteiger partial charge is 0.481 e. The maximum absolute atomic E-state index is 10.8. The summed E-state index contributed by atoms with van der Waals surface area (Å²) < 4.78 is 0. The molecule has 0 heterocycles. The molecule has 1 aliphatic rings. The maximum atomic E-state index is 10.8. The van der Waals surface area contributed by atoms with Crippen LogP contribution >= 0.6 is 0 Å². The number of aliphatic carboxylic acids is 1. The third-order valence-electron chi connectivity index (χ3n) is 3.61. The molecule has 0 spiro atoms. The Kier molecular flexibility index (Phi) is 3.93. The Morgan fingerprint density at radius 2 is 2.00 bits per heavy atom. The van der Waals surface area contributed by atoms with Crippen molar-refractivity contribution in [2.45, 2.75) is 45.4 Å². The normalized spacial score (nSPS) is 23.0. The van der Waals surface area contributed by atoms with Crippen molar-refractivity contribution in [2.75, 3.05) is 6.54 Å². The standard InChI is InChI=1S/C11H21NO2/c1-11(8-12,7-10(13)14)9-5-3-2-4-6-9/h9H,2-8,12H2,1H3,(H,13,14). The second-order valence-corrected chi connectivity index (χ2v) is 4.76. The van der Waals surface area contributed by atoms with E-state index in [4.69, 9.17) is 10.8 Å². The summed E-state index contributed by atoms with van der Waals surface area (Å²) in [6.07, 6.45) is 6.29. The van der Waals surface area contributed by atoms with E-state index in [0.717, 1.165) is 12.8 Å². The first-order valence-electron chi connectivity index (χ1n) is 5.50. The highest BCUT2D eigenvalue weighted by atomic mass is 16.4. The molecule has 1 atom stereocenters. The van der Waals surface area contributed by atoms with Crippen LogP contribution in [-0.4, -0.2) is 17.6 Å². The van der Waals surface area contributed by atoms with Crippen LogP contribution in [0.4, 0.5) is 0 Å². The van der Waals surface area contributed by atoms with Crippen molar-refractivity contribution in [2.24, 2.45) is 17.1 Å². The van der Waals surface area contributed by atoms with Crippen molar-refractivity contribution in [1.82, 2.24) is 0 Å². The first-order chi connectivity index (χ1) is 6.58. The van der Waals surface area contributed by atoms with Gasteiger partial charge in [-0.2, -0.15) is 0 Å². The van der Waals surface area contributed by atoms with Crippen LogP contribution in [0.3, 0.4) is 0 Å². The minimum Gasteiger partial charge on any atom is -0.481 e. The summed E-state index contributed by atoms with van der Waals surface area (Å²) in [5.41, 5.74) is 5.53. The number of carboxylic acids is 1. The zero-order chi connectivity index (χ0) is 10.6. The predicted molar refractivity (Wildman–Crippen MR) is 56.0 cm³/mol. The lowest BCUT2D eigenvalue weighted by molar-refractivity contribution is -0.140. The molecular formula is C11H21NO2. The van der Waals surface area contributed by atoms with Gasteiger partial charge in [-0.1, -0.05) is 26.2 Å². The van der Waals surface area contributed by atoms with Crippen LogP contribution in [0.1, 0.15) is 45.4 Å². The molecule has 3 N–H and O–H groups in total. The van der Waals surface area contributed by atoms with Crippen molar-refractivity contribution in [3.05, 3.63) is 0 Å². The third kappa shape index (κ3) is 2.71. The summed E-state index contributed by atoms with van der Waals surface area (Å²) in [4.78, 5) is 10.8. The van der Waals surface area contributed by atoms with E-state index in [1.807, 2.05) is 6.92 Å². The Balaban J connectivity index is 2.61. The molecule has 1 unspecified atom stereocenters. The zero-order valence-corrected chi connectivity index (χ0v) is 8.96. The molecule has 0 radical (unpaired) electrons. The lowest BCUT2D eigenvalue weighted by Crippen LogP contribution is -2.38. The predicted octanol–water partition coefficient (Wildman–Crippen LogP) is 2.01. The highest BCUT2D eigenvalue weighted by molar-refractivity contribution is 5.67. The van der Waals surface area contributed by atoms with Crippen LogP contribution in [0.2, 0.25) is 0 Å². The highest BCUT2D eigenvalue weighted by Gasteiger charge is 2.35. The van der Waals surface area contributed by atoms with E-state index in [-0.39, 0.29) is 11.8 Å². The van der Waals surface area contributed by atoms with E-state index >= 15 is 0 Å². The molecule has 1 rings (SSSR count). The summed E-state index contributed by atoms with van der Waals surface area (Å²) >= 11 is 0. The van der Waals surface area contributed by atoms with E-state index < -0.39 is 5.97 Å². The van der Waals surface area contributed by atoms with Gasteiger partial charge in [-0.15, -0.1) is 0 Å². The fraction of sp³-hybridized carbons (Fsp3) is 0.909. The van der Waals surface area contributed by atoms with Gasteiger partial charge in [0.15, 0.2) is 0 Å². The van der Waals surface area contributed by atoms with E-state index in [9.17, 15) is 4.79 Å². The number of carbonyl (C=O) groups is 1. The molecule has 14 heavy (non-hydrogen) atoms. The van der Waals surface area contributed by atoms with E-state index in [1.165, 1.54) is 19.3 Å². The Hall–Kier alpha value is -0.570. The Bertz CT molecular complexity index is 199. The molecule has 0 amide bonds. The molecular weight excluding hydrogens is 178 g/mol. The lowest BCUT2D eigenvalue weighted by Gasteiger charge is -2.38. The molecule has 0 aromatic rings. The molecule has 3 nitrogen and oxygen atoms in total. The number of rotatable bonds is 4. The van der Waals surface area contributed by atoms with Crippen LogP contribution in [0, 0.1) is 11.3 Å². The minimum absolute atomic E-state index is 0.188. The smallest absolute Gasteiger partial charge is 0.303 e. The zero-order valence-electron chi connectivity index (χ0n) is 8.96. The van der Waals surface area contributed by atoms with E-state index in [2.05, 4.69) is 0 Å². The van der Waals surface area contributed by atoms with Gasteiger partial charge < -0.3 is 10.8 Å². The van der Waals surface area contributed by atoms with Crippen LogP contribution in [0.25, 0.3) is 0 Å². The number of hydrogen-bond acceptors (Lipinski definition) is 2. The molecule has 0 saturated heterocycles. The van der Waals surface area contributed by atoms with Crippen LogP contribution in [0.15, 0.2) is 0 Å². The summed E-state index contributed by atoms with van der Waals surface area (Å²) in [5, 5.41) is 8.86. The number of carboxylic acid groups (broad SMARTS) is 1. The highest BCUT2D eigenvalue weighted by Crippen LogP contribution is 2.40. The van der Waals surface area contributed by atoms with Gasteiger partial charge in [-0.3, -0.25) is 4.79 Å².